The molecule has 0 fully saturated rings. The Labute approximate surface area is 115 Å². The third kappa shape index (κ3) is 2.52. The minimum absolute atomic E-state index is 0.118. The fourth-order valence-electron chi connectivity index (χ4n) is 1.67. The molecule has 19 heavy (non-hydrogen) atoms. The zero-order chi connectivity index (χ0) is 13.8. The van der Waals surface area contributed by atoms with Gasteiger partial charge < -0.3 is 9.30 Å². The number of ether oxygens (including phenoxy) is 1. The standard InChI is InChI=1S/C13H9ClN4O/c1-19-10-3-2-9(11(14)4-10)7-18-8-17-12(5-15)13(18)6-16/h2-4,8H,7H2,1H3. The topological polar surface area (TPSA) is 74.6 Å². The van der Waals surface area contributed by atoms with E-state index in [1.165, 1.54) is 6.33 Å². The van der Waals surface area contributed by atoms with E-state index in [0.29, 0.717) is 17.3 Å². The predicted octanol–water partition coefficient (Wildman–Crippen LogP) is 2.34. The van der Waals surface area contributed by atoms with E-state index in [2.05, 4.69) is 4.98 Å². The van der Waals surface area contributed by atoms with Crippen LogP contribution in [0.1, 0.15) is 17.0 Å². The Bertz CT molecular complexity index is 694. The van der Waals surface area contributed by atoms with Gasteiger partial charge >= 0.3 is 0 Å². The molecule has 1 aromatic heterocycles. The molecule has 0 atom stereocenters. The highest BCUT2D eigenvalue weighted by Gasteiger charge is 2.11. The van der Waals surface area contributed by atoms with Crippen LogP contribution in [-0.2, 0) is 6.54 Å². The lowest BCUT2D eigenvalue weighted by atomic mass is 10.2. The van der Waals surface area contributed by atoms with Gasteiger partial charge in [-0.2, -0.15) is 10.5 Å². The summed E-state index contributed by atoms with van der Waals surface area (Å²) in [6.45, 7) is 0.375. The van der Waals surface area contributed by atoms with Gasteiger partial charge in [0.1, 0.15) is 17.9 Å². The molecule has 1 aromatic carbocycles. The van der Waals surface area contributed by atoms with E-state index in [1.54, 1.807) is 23.8 Å². The summed E-state index contributed by atoms with van der Waals surface area (Å²) in [4.78, 5) is 3.88. The first kappa shape index (κ1) is 12.9. The molecular formula is C13H9ClN4O. The lowest BCUT2D eigenvalue weighted by Gasteiger charge is -2.08. The van der Waals surface area contributed by atoms with Crippen LogP contribution in [0, 0.1) is 22.7 Å². The smallest absolute Gasteiger partial charge is 0.176 e. The molecule has 2 aromatic rings. The highest BCUT2D eigenvalue weighted by atomic mass is 35.5. The van der Waals surface area contributed by atoms with Gasteiger partial charge in [-0.1, -0.05) is 17.7 Å². The van der Waals surface area contributed by atoms with E-state index in [1.807, 2.05) is 18.2 Å². The van der Waals surface area contributed by atoms with E-state index in [0.717, 1.165) is 5.56 Å². The summed E-state index contributed by atoms with van der Waals surface area (Å²) in [5, 5.41) is 18.4. The van der Waals surface area contributed by atoms with Crippen LogP contribution in [0.15, 0.2) is 24.5 Å². The van der Waals surface area contributed by atoms with Crippen molar-refractivity contribution in [2.45, 2.75) is 6.54 Å². The zero-order valence-electron chi connectivity index (χ0n) is 10.1. The summed E-state index contributed by atoms with van der Waals surface area (Å²) >= 11 is 6.13. The van der Waals surface area contributed by atoms with Gasteiger partial charge in [0.2, 0.25) is 0 Å². The van der Waals surface area contributed by atoms with Gasteiger partial charge in [-0.05, 0) is 17.7 Å². The Morgan fingerprint density at radius 2 is 2.16 bits per heavy atom. The number of aromatic nitrogens is 2. The molecule has 2 rings (SSSR count). The van der Waals surface area contributed by atoms with Gasteiger partial charge in [-0.3, -0.25) is 0 Å². The van der Waals surface area contributed by atoms with Crippen LogP contribution in [0.2, 0.25) is 5.02 Å². The summed E-state index contributed by atoms with van der Waals surface area (Å²) in [6.07, 6.45) is 1.46. The number of imidazole rings is 1. The van der Waals surface area contributed by atoms with Crippen LogP contribution in [0.25, 0.3) is 0 Å². The second-order valence-corrected chi connectivity index (χ2v) is 4.16. The van der Waals surface area contributed by atoms with Gasteiger partial charge in [-0.25, -0.2) is 4.98 Å². The number of hydrogen-bond acceptors (Lipinski definition) is 4. The first-order valence-electron chi connectivity index (χ1n) is 5.37. The molecule has 0 N–H and O–H groups in total. The van der Waals surface area contributed by atoms with Gasteiger partial charge in [0.25, 0.3) is 0 Å². The Hall–Kier alpha value is -2.50. The molecule has 5 nitrogen and oxygen atoms in total. The normalized spacial score (nSPS) is 9.68. The van der Waals surface area contributed by atoms with Crippen LogP contribution in [0.4, 0.5) is 0 Å². The minimum atomic E-state index is 0.118. The molecule has 0 spiro atoms. The van der Waals surface area contributed by atoms with Crippen molar-refractivity contribution in [3.05, 3.63) is 46.5 Å². The summed E-state index contributed by atoms with van der Waals surface area (Å²) in [7, 11) is 1.56. The van der Waals surface area contributed by atoms with E-state index in [9.17, 15) is 0 Å². The largest absolute Gasteiger partial charge is 0.497 e. The first-order chi connectivity index (χ1) is 9.19. The third-order valence-corrected chi connectivity index (χ3v) is 3.00. The van der Waals surface area contributed by atoms with Crippen LogP contribution in [-0.4, -0.2) is 16.7 Å². The number of nitrogens with zero attached hydrogens (tertiary/aromatic N) is 4. The van der Waals surface area contributed by atoms with E-state index < -0.39 is 0 Å². The Morgan fingerprint density at radius 3 is 2.74 bits per heavy atom. The van der Waals surface area contributed by atoms with Crippen molar-refractivity contribution < 1.29 is 4.74 Å². The maximum absolute atomic E-state index is 9.03. The molecule has 0 unspecified atom stereocenters. The maximum atomic E-state index is 9.03. The predicted molar refractivity (Wildman–Crippen MR) is 68.8 cm³/mol. The molecule has 6 heteroatoms. The fourth-order valence-corrected chi connectivity index (χ4v) is 1.90. The second-order valence-electron chi connectivity index (χ2n) is 3.75. The fraction of sp³-hybridized carbons (Fsp3) is 0.154. The molecule has 0 saturated carbocycles. The van der Waals surface area contributed by atoms with Crippen molar-refractivity contribution in [2.24, 2.45) is 0 Å². The van der Waals surface area contributed by atoms with Crippen LogP contribution < -0.4 is 4.74 Å². The number of benzene rings is 1. The monoisotopic (exact) mass is 272 g/mol. The highest BCUT2D eigenvalue weighted by molar-refractivity contribution is 6.31. The molecule has 0 saturated heterocycles. The van der Waals surface area contributed by atoms with Gasteiger partial charge in [0.15, 0.2) is 11.4 Å². The minimum Gasteiger partial charge on any atom is -0.497 e. The molecule has 0 aliphatic carbocycles. The molecule has 0 amide bonds. The van der Waals surface area contributed by atoms with Gasteiger partial charge in [-0.15, -0.1) is 0 Å². The second kappa shape index (κ2) is 5.43. The lowest BCUT2D eigenvalue weighted by Crippen LogP contribution is -2.02. The highest BCUT2D eigenvalue weighted by Crippen LogP contribution is 2.23. The average molecular weight is 273 g/mol. The summed E-state index contributed by atoms with van der Waals surface area (Å²) in [6, 6.07) is 9.15. The van der Waals surface area contributed by atoms with Crippen molar-refractivity contribution in [1.29, 1.82) is 10.5 Å². The summed E-state index contributed by atoms with van der Waals surface area (Å²) < 4.78 is 6.66. The van der Waals surface area contributed by atoms with E-state index in [4.69, 9.17) is 26.9 Å². The number of nitriles is 2. The average Bonchev–Trinajstić information content (AvgIpc) is 2.82. The Morgan fingerprint density at radius 1 is 1.37 bits per heavy atom. The quantitative estimate of drug-likeness (QED) is 0.859. The molecule has 0 aliphatic rings. The van der Waals surface area contributed by atoms with Gasteiger partial charge in [0, 0.05) is 5.02 Å². The molecule has 0 bridgehead atoms. The van der Waals surface area contributed by atoms with Gasteiger partial charge in [0.05, 0.1) is 20.0 Å². The van der Waals surface area contributed by atoms with E-state index >= 15 is 0 Å². The Balaban J connectivity index is 2.35. The lowest BCUT2D eigenvalue weighted by molar-refractivity contribution is 0.414. The maximum Gasteiger partial charge on any atom is 0.176 e. The van der Waals surface area contributed by atoms with Crippen molar-refractivity contribution >= 4 is 11.6 Å². The number of methoxy groups -OCH3 is 1. The molecule has 0 radical (unpaired) electrons. The van der Waals surface area contributed by atoms with Crippen LogP contribution in [0.3, 0.4) is 0 Å². The molecular weight excluding hydrogens is 264 g/mol. The molecule has 94 valence electrons. The summed E-state index contributed by atoms with van der Waals surface area (Å²) in [5.74, 6) is 0.664. The number of rotatable bonds is 3. The van der Waals surface area contributed by atoms with Crippen LogP contribution >= 0.6 is 11.6 Å². The zero-order valence-corrected chi connectivity index (χ0v) is 10.8. The first-order valence-corrected chi connectivity index (χ1v) is 5.75. The van der Waals surface area contributed by atoms with Crippen LogP contribution in [0.5, 0.6) is 5.75 Å². The summed E-state index contributed by atoms with van der Waals surface area (Å²) in [5.41, 5.74) is 1.17. The number of hydrogen-bond donors (Lipinski definition) is 0. The molecule has 1 heterocycles. The third-order valence-electron chi connectivity index (χ3n) is 2.65. The van der Waals surface area contributed by atoms with E-state index in [-0.39, 0.29) is 11.4 Å². The molecule has 0 aliphatic heterocycles. The number of halogens is 1. The van der Waals surface area contributed by atoms with Crippen molar-refractivity contribution in [2.75, 3.05) is 7.11 Å². The van der Waals surface area contributed by atoms with Crippen molar-refractivity contribution in [3.63, 3.8) is 0 Å². The Kier molecular flexibility index (Phi) is 3.70. The van der Waals surface area contributed by atoms with Crippen molar-refractivity contribution in [1.82, 2.24) is 9.55 Å². The van der Waals surface area contributed by atoms with Crippen molar-refractivity contribution in [3.8, 4) is 17.9 Å². The SMILES string of the molecule is COc1ccc(Cn2cnc(C#N)c2C#N)c(Cl)c1.